The molecule has 3 atom stereocenters. The zero-order valence-corrected chi connectivity index (χ0v) is 20.1. The van der Waals surface area contributed by atoms with E-state index in [1.165, 1.54) is 35.5 Å². The molecule has 4 rings (SSSR count). The van der Waals surface area contributed by atoms with Crippen molar-refractivity contribution in [2.75, 3.05) is 18.6 Å². The number of hydrogen-bond donors (Lipinski definition) is 4. The molecule has 0 bridgehead atoms. The smallest absolute Gasteiger partial charge is 0.352 e. The Hall–Kier alpha value is -3.36. The normalized spacial score (nSPS) is 20.1. The maximum atomic E-state index is 12.9. The Morgan fingerprint density at radius 3 is 2.77 bits per heavy atom. The first-order valence-corrected chi connectivity index (χ1v) is 12.5. The number of carboxylic acids is 1. The number of carbonyl (C=O) groups excluding carboxylic acids is 3. The van der Waals surface area contributed by atoms with Gasteiger partial charge in [-0.2, -0.15) is 10.3 Å². The molecule has 14 heteroatoms. The van der Waals surface area contributed by atoms with E-state index in [0.29, 0.717) is 27.6 Å². The Kier molecular flexibility index (Phi) is 7.42. The molecule has 0 radical (unpaired) electrons. The number of aliphatic carboxylic acids is 1. The maximum absolute atomic E-state index is 12.9. The van der Waals surface area contributed by atoms with Crippen molar-refractivity contribution in [1.82, 2.24) is 25.6 Å². The van der Waals surface area contributed by atoms with Crippen LogP contribution in [-0.4, -0.2) is 79.2 Å². The number of H-pyrrole nitrogens is 1. The molecule has 0 aliphatic carbocycles. The molecular formula is C21H22N6O6S2. The number of β-lactam (4-membered cyclic amide) rings is 1. The molecule has 0 spiro atoms. The zero-order chi connectivity index (χ0) is 25.1. The first kappa shape index (κ1) is 24.8. The lowest BCUT2D eigenvalue weighted by molar-refractivity contribution is -0.150. The molecule has 12 nitrogen and oxygen atoms in total. The number of esters is 1. The maximum Gasteiger partial charge on any atom is 0.352 e. The molecule has 3 heterocycles. The van der Waals surface area contributed by atoms with Crippen LogP contribution in [0.5, 0.6) is 0 Å². The number of ether oxygens (including phenoxy) is 1. The molecule has 2 aliphatic rings. The van der Waals surface area contributed by atoms with Crippen molar-refractivity contribution in [3.05, 3.63) is 52.9 Å². The van der Waals surface area contributed by atoms with E-state index in [1.807, 2.05) is 0 Å². The van der Waals surface area contributed by atoms with E-state index >= 15 is 0 Å². The van der Waals surface area contributed by atoms with Crippen LogP contribution < -0.4 is 11.1 Å². The van der Waals surface area contributed by atoms with Gasteiger partial charge >= 0.3 is 11.9 Å². The molecule has 1 aromatic carbocycles. The largest absolute Gasteiger partial charge is 0.477 e. The Bertz CT molecular complexity index is 1190. The standard InChI is InChI=1S/C21H22N6O6S2/c1-33-13(28)7-12-18(25-26-24-12)34-8-11-9-35-20-15(19(30)27(20)16(11)21(31)32)23-17(29)14(22)10-5-3-2-4-6-10/h2-6,14-15,20H,7-9,22H2,1H3,(H,23,29)(H,31,32)(H,24,25,26)/t14?,15?,20-/m0/s1. The van der Waals surface area contributed by atoms with Gasteiger partial charge in [0.15, 0.2) is 0 Å². The summed E-state index contributed by atoms with van der Waals surface area (Å²) in [6.45, 7) is 0. The van der Waals surface area contributed by atoms with Crippen molar-refractivity contribution in [3.8, 4) is 0 Å². The molecule has 35 heavy (non-hydrogen) atoms. The second-order valence-electron chi connectivity index (χ2n) is 7.66. The Morgan fingerprint density at radius 2 is 2.09 bits per heavy atom. The fourth-order valence-corrected chi connectivity index (χ4v) is 6.10. The summed E-state index contributed by atoms with van der Waals surface area (Å²) in [6.07, 6.45) is -0.0753. The van der Waals surface area contributed by atoms with Crippen LogP contribution in [0.25, 0.3) is 0 Å². The summed E-state index contributed by atoms with van der Waals surface area (Å²) in [5, 5.41) is 22.8. The van der Waals surface area contributed by atoms with Gasteiger partial charge in [0.05, 0.1) is 13.5 Å². The summed E-state index contributed by atoms with van der Waals surface area (Å²) in [5.74, 6) is -2.18. The van der Waals surface area contributed by atoms with Crippen molar-refractivity contribution >= 4 is 47.3 Å². The van der Waals surface area contributed by atoms with Gasteiger partial charge in [-0.25, -0.2) is 4.79 Å². The fourth-order valence-electron chi connectivity index (χ4n) is 3.69. The molecule has 1 aromatic heterocycles. The Labute approximate surface area is 208 Å². The minimum absolute atomic E-state index is 0.0753. The van der Waals surface area contributed by atoms with Gasteiger partial charge in [-0.3, -0.25) is 19.3 Å². The van der Waals surface area contributed by atoms with E-state index in [9.17, 15) is 24.3 Å². The van der Waals surface area contributed by atoms with Crippen LogP contribution in [0.3, 0.4) is 0 Å². The van der Waals surface area contributed by atoms with Gasteiger partial charge in [0.25, 0.3) is 5.91 Å². The SMILES string of the molecule is COC(=O)Cc1n[nH]nc1SCC1=C(C(=O)O)N2C(=O)C(NC(=O)C(N)c3ccccc3)[C@@H]2SC1. The first-order valence-electron chi connectivity index (χ1n) is 10.4. The van der Waals surface area contributed by atoms with Crippen LogP contribution in [0, 0.1) is 0 Å². The van der Waals surface area contributed by atoms with Crippen LogP contribution in [-0.2, 0) is 30.3 Å². The first-order chi connectivity index (χ1) is 16.8. The third kappa shape index (κ3) is 5.04. The van der Waals surface area contributed by atoms with E-state index in [2.05, 4.69) is 25.5 Å². The van der Waals surface area contributed by atoms with Gasteiger partial charge in [0, 0.05) is 11.5 Å². The van der Waals surface area contributed by atoms with Crippen LogP contribution in [0.1, 0.15) is 17.3 Å². The molecule has 1 fully saturated rings. The van der Waals surface area contributed by atoms with Crippen LogP contribution >= 0.6 is 23.5 Å². The molecule has 5 N–H and O–H groups in total. The van der Waals surface area contributed by atoms with Crippen molar-refractivity contribution in [2.24, 2.45) is 5.73 Å². The number of nitrogens with two attached hydrogens (primary N) is 1. The predicted molar refractivity (Wildman–Crippen MR) is 126 cm³/mol. The molecule has 2 aromatic rings. The number of aromatic nitrogens is 3. The third-order valence-electron chi connectivity index (χ3n) is 5.49. The number of thioether (sulfide) groups is 2. The van der Waals surface area contributed by atoms with Gasteiger partial charge in [-0.15, -0.1) is 16.9 Å². The number of hydrogen-bond acceptors (Lipinski definition) is 10. The molecule has 1 saturated heterocycles. The summed E-state index contributed by atoms with van der Waals surface area (Å²) in [4.78, 5) is 50.3. The lowest BCUT2D eigenvalue weighted by Gasteiger charge is -2.49. The summed E-state index contributed by atoms with van der Waals surface area (Å²) >= 11 is 2.56. The number of amides is 2. The van der Waals surface area contributed by atoms with E-state index in [0.717, 1.165) is 0 Å². The van der Waals surface area contributed by atoms with Gasteiger partial charge in [0.2, 0.25) is 5.91 Å². The Morgan fingerprint density at radius 1 is 1.34 bits per heavy atom. The van der Waals surface area contributed by atoms with Gasteiger partial charge < -0.3 is 20.9 Å². The van der Waals surface area contributed by atoms with Crippen molar-refractivity contribution in [3.63, 3.8) is 0 Å². The molecule has 2 aliphatic heterocycles. The highest BCUT2D eigenvalue weighted by Crippen LogP contribution is 2.41. The molecule has 2 unspecified atom stereocenters. The molecular weight excluding hydrogens is 496 g/mol. The van der Waals surface area contributed by atoms with E-state index < -0.39 is 41.2 Å². The van der Waals surface area contributed by atoms with Crippen molar-refractivity contribution in [1.29, 1.82) is 0 Å². The monoisotopic (exact) mass is 518 g/mol. The number of carboxylic acid groups (broad SMARTS) is 1. The Balaban J connectivity index is 1.44. The number of fused-ring (bicyclic) bond motifs is 1. The molecule has 184 valence electrons. The molecule has 2 amide bonds. The minimum Gasteiger partial charge on any atom is -0.477 e. The quantitative estimate of drug-likeness (QED) is 0.200. The van der Waals surface area contributed by atoms with Crippen molar-refractivity contribution < 1.29 is 29.0 Å². The summed E-state index contributed by atoms with van der Waals surface area (Å²) in [6, 6.07) is 6.94. The summed E-state index contributed by atoms with van der Waals surface area (Å²) in [7, 11) is 1.27. The van der Waals surface area contributed by atoms with E-state index in [1.54, 1.807) is 30.3 Å². The lowest BCUT2D eigenvalue weighted by Crippen LogP contribution is -2.71. The summed E-state index contributed by atoms with van der Waals surface area (Å²) in [5.41, 5.74) is 7.43. The number of benzene rings is 1. The van der Waals surface area contributed by atoms with Crippen LogP contribution in [0.15, 0.2) is 46.6 Å². The highest BCUT2D eigenvalue weighted by molar-refractivity contribution is 8.01. The number of nitrogens with one attached hydrogen (secondary N) is 2. The number of aromatic amines is 1. The number of rotatable bonds is 9. The molecule has 0 saturated carbocycles. The average molecular weight is 519 g/mol. The number of carbonyl (C=O) groups is 4. The fraction of sp³-hybridized carbons (Fsp3) is 0.333. The van der Waals surface area contributed by atoms with Crippen molar-refractivity contribution in [2.45, 2.75) is 28.9 Å². The minimum atomic E-state index is -1.24. The average Bonchev–Trinajstić information content (AvgIpc) is 3.31. The van der Waals surface area contributed by atoms with Gasteiger partial charge in [0.1, 0.15) is 33.9 Å². The topological polar surface area (TPSA) is 181 Å². The zero-order valence-electron chi connectivity index (χ0n) is 18.5. The van der Waals surface area contributed by atoms with E-state index in [-0.39, 0.29) is 17.9 Å². The second-order valence-corrected chi connectivity index (χ2v) is 9.73. The van der Waals surface area contributed by atoms with Gasteiger partial charge in [-0.05, 0) is 11.1 Å². The van der Waals surface area contributed by atoms with Gasteiger partial charge in [-0.1, -0.05) is 42.1 Å². The van der Waals surface area contributed by atoms with Crippen LogP contribution in [0.2, 0.25) is 0 Å². The lowest BCUT2D eigenvalue weighted by atomic mass is 10.0. The highest BCUT2D eigenvalue weighted by Gasteiger charge is 2.54. The predicted octanol–water partition coefficient (Wildman–Crippen LogP) is 0.0509. The number of nitrogens with zero attached hydrogens (tertiary/aromatic N) is 3. The second kappa shape index (κ2) is 10.5. The number of methoxy groups -OCH3 is 1. The van der Waals surface area contributed by atoms with Crippen LogP contribution in [0.4, 0.5) is 0 Å². The van der Waals surface area contributed by atoms with E-state index in [4.69, 9.17) is 5.73 Å². The third-order valence-corrected chi connectivity index (χ3v) is 7.93. The highest BCUT2D eigenvalue weighted by atomic mass is 32.2. The summed E-state index contributed by atoms with van der Waals surface area (Å²) < 4.78 is 4.64.